The number of rotatable bonds is 1. The van der Waals surface area contributed by atoms with Crippen molar-refractivity contribution in [2.45, 2.75) is 54.9 Å². The SMILES string of the molecule is C/C=C\C.C=CCC.CC.CC. The van der Waals surface area contributed by atoms with Crippen molar-refractivity contribution >= 4 is 0 Å². The van der Waals surface area contributed by atoms with Gasteiger partial charge in [-0.3, -0.25) is 0 Å². The summed E-state index contributed by atoms with van der Waals surface area (Å²) >= 11 is 0. The molecule has 0 heteroatoms. The van der Waals surface area contributed by atoms with Gasteiger partial charge in [0.1, 0.15) is 0 Å². The Hall–Kier alpha value is -0.520. The summed E-state index contributed by atoms with van der Waals surface area (Å²) in [7, 11) is 0. The maximum atomic E-state index is 3.48. The summed E-state index contributed by atoms with van der Waals surface area (Å²) < 4.78 is 0. The zero-order valence-corrected chi connectivity index (χ0v) is 10.1. The van der Waals surface area contributed by atoms with E-state index < -0.39 is 0 Å². The highest BCUT2D eigenvalue weighted by atomic mass is 13.5. The van der Waals surface area contributed by atoms with Gasteiger partial charge < -0.3 is 0 Å². The molecule has 0 fully saturated rings. The van der Waals surface area contributed by atoms with Crippen molar-refractivity contribution in [2.24, 2.45) is 0 Å². The molecular formula is C12H28. The Morgan fingerprint density at radius 2 is 1.08 bits per heavy atom. The first-order valence-corrected chi connectivity index (χ1v) is 5.01. The molecule has 0 atom stereocenters. The molecule has 0 bridgehead atoms. The van der Waals surface area contributed by atoms with Crippen molar-refractivity contribution in [3.05, 3.63) is 24.8 Å². The highest BCUT2D eigenvalue weighted by Crippen LogP contribution is 1.66. The van der Waals surface area contributed by atoms with Crippen molar-refractivity contribution in [3.8, 4) is 0 Å². The Bertz CT molecular complexity index is 47.1. The number of hydrogen-bond acceptors (Lipinski definition) is 0. The molecule has 0 aliphatic carbocycles. The Morgan fingerprint density at radius 1 is 0.917 bits per heavy atom. The summed E-state index contributed by atoms with van der Waals surface area (Å²) in [5.74, 6) is 0. The van der Waals surface area contributed by atoms with Gasteiger partial charge >= 0.3 is 0 Å². The second-order valence-electron chi connectivity index (χ2n) is 1.36. The molecule has 0 nitrogen and oxygen atoms in total. The van der Waals surface area contributed by atoms with Crippen molar-refractivity contribution in [1.82, 2.24) is 0 Å². The molecule has 0 N–H and O–H groups in total. The zero-order chi connectivity index (χ0) is 10.8. The van der Waals surface area contributed by atoms with Crippen molar-refractivity contribution < 1.29 is 0 Å². The molecule has 0 saturated heterocycles. The maximum absolute atomic E-state index is 3.48. The van der Waals surface area contributed by atoms with Crippen LogP contribution >= 0.6 is 0 Å². The first kappa shape index (κ1) is 22.5. The Kier molecular flexibility index (Phi) is 146. The van der Waals surface area contributed by atoms with E-state index in [0.717, 1.165) is 6.42 Å². The van der Waals surface area contributed by atoms with Gasteiger partial charge in [-0.1, -0.05) is 52.8 Å². The summed E-state index contributed by atoms with van der Waals surface area (Å²) in [6.07, 6.45) is 6.96. The minimum Gasteiger partial charge on any atom is -0.103 e. The van der Waals surface area contributed by atoms with Gasteiger partial charge in [-0.05, 0) is 20.3 Å². The van der Waals surface area contributed by atoms with E-state index in [-0.39, 0.29) is 0 Å². The highest BCUT2D eigenvalue weighted by molar-refractivity contribution is 4.68. The third-order valence-electron chi connectivity index (χ3n) is 0.622. The first-order chi connectivity index (χ1) is 5.83. The van der Waals surface area contributed by atoms with Gasteiger partial charge in [0, 0.05) is 0 Å². The van der Waals surface area contributed by atoms with Crippen molar-refractivity contribution in [3.63, 3.8) is 0 Å². The molecular weight excluding hydrogens is 144 g/mol. The van der Waals surface area contributed by atoms with E-state index in [1.807, 2.05) is 59.8 Å². The summed E-state index contributed by atoms with van der Waals surface area (Å²) in [4.78, 5) is 0. The molecule has 0 radical (unpaired) electrons. The van der Waals surface area contributed by atoms with Gasteiger partial charge in [-0.25, -0.2) is 0 Å². The lowest BCUT2D eigenvalue weighted by atomic mass is 10.5. The summed E-state index contributed by atoms with van der Waals surface area (Å²) in [6.45, 7) is 17.5. The highest BCUT2D eigenvalue weighted by Gasteiger charge is 1.45. The summed E-state index contributed by atoms with van der Waals surface area (Å²) in [5, 5.41) is 0. The summed E-state index contributed by atoms with van der Waals surface area (Å²) in [5.41, 5.74) is 0. The van der Waals surface area contributed by atoms with E-state index in [1.165, 1.54) is 0 Å². The fourth-order valence-corrected chi connectivity index (χ4v) is 0. The monoisotopic (exact) mass is 172 g/mol. The average Bonchev–Trinajstić information content (AvgIpc) is 2.23. The number of allylic oxidation sites excluding steroid dienone is 3. The topological polar surface area (TPSA) is 0 Å². The van der Waals surface area contributed by atoms with E-state index in [4.69, 9.17) is 0 Å². The molecule has 0 rings (SSSR count). The molecule has 12 heavy (non-hydrogen) atoms. The second-order valence-corrected chi connectivity index (χ2v) is 1.36. The lowest BCUT2D eigenvalue weighted by Crippen LogP contribution is -1.36. The minimum absolute atomic E-state index is 1.08. The fraction of sp³-hybridized carbons (Fsp3) is 0.667. The lowest BCUT2D eigenvalue weighted by Gasteiger charge is -1.57. The van der Waals surface area contributed by atoms with Gasteiger partial charge in [0.15, 0.2) is 0 Å². The van der Waals surface area contributed by atoms with Gasteiger partial charge in [0.25, 0.3) is 0 Å². The third kappa shape index (κ3) is 311. The molecule has 0 aliphatic rings. The molecule has 0 aliphatic heterocycles. The minimum atomic E-state index is 1.08. The van der Waals surface area contributed by atoms with Crippen LogP contribution in [0.25, 0.3) is 0 Å². The van der Waals surface area contributed by atoms with Crippen LogP contribution in [0.2, 0.25) is 0 Å². The van der Waals surface area contributed by atoms with E-state index in [9.17, 15) is 0 Å². The Labute approximate surface area is 80.4 Å². The van der Waals surface area contributed by atoms with Crippen LogP contribution in [0, 0.1) is 0 Å². The molecule has 0 aromatic rings. The normalized spacial score (nSPS) is 6.25. The van der Waals surface area contributed by atoms with Crippen molar-refractivity contribution in [1.29, 1.82) is 0 Å². The van der Waals surface area contributed by atoms with Gasteiger partial charge in [0.2, 0.25) is 0 Å². The molecule has 0 amide bonds. The molecule has 0 heterocycles. The van der Waals surface area contributed by atoms with Crippen molar-refractivity contribution in [2.75, 3.05) is 0 Å². The molecule has 76 valence electrons. The quantitative estimate of drug-likeness (QED) is 0.476. The van der Waals surface area contributed by atoms with E-state index in [2.05, 4.69) is 13.5 Å². The Balaban J connectivity index is -0.0000000380. The molecule has 0 spiro atoms. The predicted octanol–water partition coefficient (Wildman–Crippen LogP) is 5.22. The molecule has 0 aromatic heterocycles. The van der Waals surface area contributed by atoms with Gasteiger partial charge in [0.05, 0.1) is 0 Å². The van der Waals surface area contributed by atoms with E-state index in [0.29, 0.717) is 0 Å². The maximum Gasteiger partial charge on any atom is -0.0382 e. The molecule has 0 saturated carbocycles. The van der Waals surface area contributed by atoms with E-state index in [1.54, 1.807) is 0 Å². The van der Waals surface area contributed by atoms with Gasteiger partial charge in [-0.2, -0.15) is 0 Å². The smallest absolute Gasteiger partial charge is 0.0382 e. The average molecular weight is 172 g/mol. The van der Waals surface area contributed by atoms with E-state index >= 15 is 0 Å². The first-order valence-electron chi connectivity index (χ1n) is 5.01. The largest absolute Gasteiger partial charge is 0.103 e. The Morgan fingerprint density at radius 3 is 1.08 bits per heavy atom. The third-order valence-corrected chi connectivity index (χ3v) is 0.622. The van der Waals surface area contributed by atoms with Crippen LogP contribution in [0.4, 0.5) is 0 Å². The van der Waals surface area contributed by atoms with Crippen LogP contribution in [-0.2, 0) is 0 Å². The van der Waals surface area contributed by atoms with Crippen LogP contribution in [0.3, 0.4) is 0 Å². The predicted molar refractivity (Wildman–Crippen MR) is 63.7 cm³/mol. The molecule has 0 aromatic carbocycles. The van der Waals surface area contributed by atoms with Crippen LogP contribution < -0.4 is 0 Å². The van der Waals surface area contributed by atoms with Gasteiger partial charge in [-0.15, -0.1) is 6.58 Å². The van der Waals surface area contributed by atoms with Crippen LogP contribution in [0.5, 0.6) is 0 Å². The van der Waals surface area contributed by atoms with Crippen LogP contribution in [0.1, 0.15) is 54.9 Å². The summed E-state index contributed by atoms with van der Waals surface area (Å²) in [6, 6.07) is 0. The fourth-order valence-electron chi connectivity index (χ4n) is 0. The molecule has 0 unspecified atom stereocenters. The van der Waals surface area contributed by atoms with Crippen LogP contribution in [0.15, 0.2) is 24.8 Å². The van der Waals surface area contributed by atoms with Crippen LogP contribution in [-0.4, -0.2) is 0 Å². The number of hydrogen-bond donors (Lipinski definition) is 0. The standard InChI is InChI=1S/2C4H8.2C2H6/c2*1-3-4-2;2*1-2/h3-4H,1-2H3;3H,1,4H2,2H3;2*1-2H3/b4-3-;;;. The lowest BCUT2D eigenvalue weighted by molar-refractivity contribution is 1.23. The second kappa shape index (κ2) is 77.8. The zero-order valence-electron chi connectivity index (χ0n) is 10.1.